The number of fused-ring (bicyclic) bond motifs is 2. The SMILES string of the molecule is CC1=C[C@@H](C)[C@@]2(CO)CO[C@H](CCc3ccccc3)[C@H]1[C@H]2C. The first kappa shape index (κ1) is 15.8. The molecule has 1 fully saturated rings. The summed E-state index contributed by atoms with van der Waals surface area (Å²) in [6.07, 6.45) is 4.77. The first-order valence-electron chi connectivity index (χ1n) is 8.53. The highest BCUT2D eigenvalue weighted by molar-refractivity contribution is 5.21. The van der Waals surface area contributed by atoms with Gasteiger partial charge in [-0.1, -0.05) is 55.8 Å². The van der Waals surface area contributed by atoms with E-state index >= 15 is 0 Å². The van der Waals surface area contributed by atoms with Gasteiger partial charge in [0.05, 0.1) is 19.3 Å². The van der Waals surface area contributed by atoms with Gasteiger partial charge in [-0.2, -0.15) is 0 Å². The molecule has 2 bridgehead atoms. The number of aliphatic hydroxyl groups is 1. The van der Waals surface area contributed by atoms with E-state index in [2.05, 4.69) is 57.2 Å². The van der Waals surface area contributed by atoms with Gasteiger partial charge in [-0.25, -0.2) is 0 Å². The third-order valence-electron chi connectivity index (χ3n) is 6.21. The summed E-state index contributed by atoms with van der Waals surface area (Å²) in [5, 5.41) is 10.0. The normalized spacial score (nSPS) is 37.7. The third kappa shape index (κ3) is 2.53. The molecule has 0 spiro atoms. The van der Waals surface area contributed by atoms with Gasteiger partial charge in [0.2, 0.25) is 0 Å². The van der Waals surface area contributed by atoms with E-state index in [9.17, 15) is 5.11 Å². The summed E-state index contributed by atoms with van der Waals surface area (Å²) in [6.45, 7) is 7.68. The number of ether oxygens (including phenoxy) is 1. The van der Waals surface area contributed by atoms with Crippen LogP contribution in [0.1, 0.15) is 32.8 Å². The molecule has 0 unspecified atom stereocenters. The van der Waals surface area contributed by atoms with Crippen molar-refractivity contribution >= 4 is 0 Å². The van der Waals surface area contributed by atoms with Gasteiger partial charge in [-0.15, -0.1) is 0 Å². The lowest BCUT2D eigenvalue weighted by molar-refractivity contribution is -0.164. The molecular formula is C20H28O2. The first-order valence-corrected chi connectivity index (χ1v) is 8.53. The highest BCUT2D eigenvalue weighted by atomic mass is 16.5. The molecule has 1 heterocycles. The minimum absolute atomic E-state index is 0.0899. The zero-order chi connectivity index (χ0) is 15.7. The van der Waals surface area contributed by atoms with Crippen molar-refractivity contribution < 1.29 is 9.84 Å². The molecule has 3 rings (SSSR count). The molecular weight excluding hydrogens is 272 g/mol. The second kappa shape index (κ2) is 6.17. The Morgan fingerprint density at radius 1 is 1.23 bits per heavy atom. The number of aryl methyl sites for hydroxylation is 1. The van der Waals surface area contributed by atoms with Crippen molar-refractivity contribution in [2.24, 2.45) is 23.2 Å². The third-order valence-corrected chi connectivity index (χ3v) is 6.21. The van der Waals surface area contributed by atoms with Gasteiger partial charge in [0.25, 0.3) is 0 Å². The molecule has 2 nitrogen and oxygen atoms in total. The predicted octanol–water partition coefficient (Wildman–Crippen LogP) is 3.85. The van der Waals surface area contributed by atoms with Crippen LogP contribution in [0.4, 0.5) is 0 Å². The number of benzene rings is 1. The minimum atomic E-state index is -0.0899. The summed E-state index contributed by atoms with van der Waals surface area (Å²) < 4.78 is 6.27. The van der Waals surface area contributed by atoms with Crippen LogP contribution in [0.5, 0.6) is 0 Å². The maximum Gasteiger partial charge on any atom is 0.0646 e. The Morgan fingerprint density at radius 2 is 1.95 bits per heavy atom. The molecule has 5 atom stereocenters. The van der Waals surface area contributed by atoms with Crippen LogP contribution in [0.3, 0.4) is 0 Å². The van der Waals surface area contributed by atoms with E-state index in [1.54, 1.807) is 0 Å². The summed E-state index contributed by atoms with van der Waals surface area (Å²) in [7, 11) is 0. The van der Waals surface area contributed by atoms with Crippen LogP contribution in [-0.4, -0.2) is 24.4 Å². The average molecular weight is 300 g/mol. The molecule has 0 amide bonds. The Labute approximate surface area is 134 Å². The lowest BCUT2D eigenvalue weighted by Crippen LogP contribution is -2.56. The van der Waals surface area contributed by atoms with E-state index in [1.165, 1.54) is 11.1 Å². The highest BCUT2D eigenvalue weighted by Crippen LogP contribution is 2.52. The van der Waals surface area contributed by atoms with Crippen molar-refractivity contribution in [1.82, 2.24) is 0 Å². The molecule has 1 N–H and O–H groups in total. The quantitative estimate of drug-likeness (QED) is 0.856. The van der Waals surface area contributed by atoms with Gasteiger partial charge in [-0.3, -0.25) is 0 Å². The fraction of sp³-hybridized carbons (Fsp3) is 0.600. The van der Waals surface area contributed by atoms with Gasteiger partial charge in [0.1, 0.15) is 0 Å². The zero-order valence-corrected chi connectivity index (χ0v) is 14.0. The summed E-state index contributed by atoms with van der Waals surface area (Å²) in [4.78, 5) is 0. The average Bonchev–Trinajstić information content (AvgIpc) is 2.52. The molecule has 0 aromatic heterocycles. The second-order valence-corrected chi connectivity index (χ2v) is 7.28. The van der Waals surface area contributed by atoms with Crippen LogP contribution < -0.4 is 0 Å². The van der Waals surface area contributed by atoms with Crippen LogP contribution in [0, 0.1) is 23.2 Å². The topological polar surface area (TPSA) is 29.5 Å². The Hall–Kier alpha value is -1.12. The molecule has 1 aliphatic carbocycles. The molecule has 2 heteroatoms. The number of hydrogen-bond donors (Lipinski definition) is 1. The van der Waals surface area contributed by atoms with Gasteiger partial charge in [-0.05, 0) is 37.2 Å². The van der Waals surface area contributed by atoms with Crippen LogP contribution in [-0.2, 0) is 11.2 Å². The van der Waals surface area contributed by atoms with E-state index in [4.69, 9.17) is 4.74 Å². The number of hydrogen-bond acceptors (Lipinski definition) is 2. The highest BCUT2D eigenvalue weighted by Gasteiger charge is 2.52. The van der Waals surface area contributed by atoms with Gasteiger partial charge >= 0.3 is 0 Å². The summed E-state index contributed by atoms with van der Waals surface area (Å²) in [6, 6.07) is 10.6. The Balaban J connectivity index is 1.77. The van der Waals surface area contributed by atoms with E-state index < -0.39 is 0 Å². The first-order chi connectivity index (χ1) is 10.6. The second-order valence-electron chi connectivity index (χ2n) is 7.28. The summed E-state index contributed by atoms with van der Waals surface area (Å²) in [5.41, 5.74) is 2.73. The predicted molar refractivity (Wildman–Crippen MR) is 89.6 cm³/mol. The fourth-order valence-corrected chi connectivity index (χ4v) is 4.63. The molecule has 1 aromatic carbocycles. The number of rotatable bonds is 4. The smallest absolute Gasteiger partial charge is 0.0646 e. The molecule has 1 aromatic rings. The zero-order valence-electron chi connectivity index (χ0n) is 14.0. The van der Waals surface area contributed by atoms with Crippen molar-refractivity contribution in [2.75, 3.05) is 13.2 Å². The van der Waals surface area contributed by atoms with E-state index in [1.807, 2.05) is 0 Å². The standard InChI is InChI=1S/C20H28O2/c1-14-11-15(2)20(12-21)13-22-18(19(14)16(20)3)10-9-17-7-5-4-6-8-17/h4-8,11,15-16,18-19,21H,9-10,12-13H2,1-3H3/t15-,16-,18-,19-,20-/m1/s1. The number of allylic oxidation sites excluding steroid dienone is 1. The number of aliphatic hydroxyl groups excluding tert-OH is 1. The van der Waals surface area contributed by atoms with Crippen LogP contribution in [0.2, 0.25) is 0 Å². The molecule has 120 valence electrons. The Kier molecular flexibility index (Phi) is 4.42. The summed E-state index contributed by atoms with van der Waals surface area (Å²) in [5.74, 6) is 1.31. The Bertz CT molecular complexity index is 536. The van der Waals surface area contributed by atoms with Gasteiger partial charge < -0.3 is 9.84 Å². The molecule has 2 aliphatic rings. The van der Waals surface area contributed by atoms with E-state index in [0.717, 1.165) is 12.8 Å². The monoisotopic (exact) mass is 300 g/mol. The van der Waals surface area contributed by atoms with Crippen LogP contribution >= 0.6 is 0 Å². The van der Waals surface area contributed by atoms with Crippen LogP contribution in [0.15, 0.2) is 42.0 Å². The van der Waals surface area contributed by atoms with Crippen LogP contribution in [0.25, 0.3) is 0 Å². The van der Waals surface area contributed by atoms with Crippen molar-refractivity contribution in [3.63, 3.8) is 0 Å². The Morgan fingerprint density at radius 3 is 2.64 bits per heavy atom. The molecule has 1 aliphatic heterocycles. The maximum absolute atomic E-state index is 10.0. The van der Waals surface area contributed by atoms with Gasteiger partial charge in [0, 0.05) is 11.3 Å². The molecule has 0 saturated carbocycles. The fourth-order valence-electron chi connectivity index (χ4n) is 4.63. The van der Waals surface area contributed by atoms with Gasteiger partial charge in [0.15, 0.2) is 0 Å². The van der Waals surface area contributed by atoms with Crippen molar-refractivity contribution in [1.29, 1.82) is 0 Å². The van der Waals surface area contributed by atoms with E-state index in [-0.39, 0.29) is 18.1 Å². The molecule has 22 heavy (non-hydrogen) atoms. The van der Waals surface area contributed by atoms with E-state index in [0.29, 0.717) is 24.4 Å². The lowest BCUT2D eigenvalue weighted by atomic mass is 9.56. The van der Waals surface area contributed by atoms with Crippen molar-refractivity contribution in [2.45, 2.75) is 39.7 Å². The minimum Gasteiger partial charge on any atom is -0.396 e. The lowest BCUT2D eigenvalue weighted by Gasteiger charge is -2.55. The molecule has 1 saturated heterocycles. The van der Waals surface area contributed by atoms with Crippen molar-refractivity contribution in [3.05, 3.63) is 47.5 Å². The van der Waals surface area contributed by atoms with Crippen molar-refractivity contribution in [3.8, 4) is 0 Å². The largest absolute Gasteiger partial charge is 0.396 e. The molecule has 0 radical (unpaired) electrons. The maximum atomic E-state index is 10.0. The summed E-state index contributed by atoms with van der Waals surface area (Å²) >= 11 is 0.